The van der Waals surface area contributed by atoms with Crippen molar-refractivity contribution < 1.29 is 14.6 Å². The Balaban J connectivity index is 1.66. The molecule has 1 saturated carbocycles. The summed E-state index contributed by atoms with van der Waals surface area (Å²) in [6.07, 6.45) is 6.50. The quantitative estimate of drug-likeness (QED) is 0.883. The molecule has 0 spiro atoms. The number of ether oxygens (including phenoxy) is 1. The summed E-state index contributed by atoms with van der Waals surface area (Å²) in [4.78, 5) is 13.0. The summed E-state index contributed by atoms with van der Waals surface area (Å²) in [5, 5.41) is 8.97. The third-order valence-corrected chi connectivity index (χ3v) is 4.28. The summed E-state index contributed by atoms with van der Waals surface area (Å²) in [6, 6.07) is 4.35. The maximum Gasteiger partial charge on any atom is 0.317 e. The molecule has 2 aliphatic rings. The number of carboxylic acids is 1. The lowest BCUT2D eigenvalue weighted by molar-refractivity contribution is -0.143. The molecule has 1 aliphatic heterocycles. The van der Waals surface area contributed by atoms with Gasteiger partial charge in [-0.05, 0) is 25.0 Å². The molecule has 0 aromatic carbocycles. The lowest BCUT2D eigenvalue weighted by Crippen LogP contribution is -2.52. The molecule has 19 heavy (non-hydrogen) atoms. The van der Waals surface area contributed by atoms with Crippen LogP contribution in [0.4, 0.5) is 0 Å². The molecule has 3 unspecified atom stereocenters. The zero-order chi connectivity index (χ0) is 13.2. The number of aromatic nitrogens is 1. The average molecular weight is 264 g/mol. The summed E-state index contributed by atoms with van der Waals surface area (Å²) in [6.45, 7) is 2.50. The maximum atomic E-state index is 10.9. The van der Waals surface area contributed by atoms with E-state index < -0.39 is 5.97 Å². The monoisotopic (exact) mass is 264 g/mol. The molecule has 5 heteroatoms. The van der Waals surface area contributed by atoms with Crippen LogP contribution in [0.3, 0.4) is 0 Å². The first-order valence-corrected chi connectivity index (χ1v) is 6.92. The number of rotatable bonds is 4. The minimum absolute atomic E-state index is 0.140. The van der Waals surface area contributed by atoms with Crippen molar-refractivity contribution in [3.63, 3.8) is 0 Å². The fraction of sp³-hybridized carbons (Fsp3) is 0.643. The van der Waals surface area contributed by atoms with Crippen LogP contribution in [0.5, 0.6) is 0 Å². The zero-order valence-electron chi connectivity index (χ0n) is 10.9. The highest BCUT2D eigenvalue weighted by molar-refractivity contribution is 5.69. The molecule has 1 aromatic heterocycles. The molecular formula is C14H20N2O3. The molecule has 5 nitrogen and oxygen atoms in total. The van der Waals surface area contributed by atoms with E-state index in [-0.39, 0.29) is 18.7 Å². The minimum Gasteiger partial charge on any atom is -0.480 e. The fourth-order valence-corrected chi connectivity index (χ4v) is 3.46. The number of nitrogens with zero attached hydrogens (tertiary/aromatic N) is 2. The van der Waals surface area contributed by atoms with Gasteiger partial charge in [-0.15, -0.1) is 0 Å². The maximum absolute atomic E-state index is 10.9. The van der Waals surface area contributed by atoms with Crippen LogP contribution >= 0.6 is 0 Å². The van der Waals surface area contributed by atoms with Crippen molar-refractivity contribution in [2.75, 3.05) is 19.7 Å². The zero-order valence-corrected chi connectivity index (χ0v) is 10.9. The molecule has 0 amide bonds. The van der Waals surface area contributed by atoms with Crippen molar-refractivity contribution in [3.8, 4) is 0 Å². The van der Waals surface area contributed by atoms with Crippen molar-refractivity contribution in [2.24, 2.45) is 5.92 Å². The van der Waals surface area contributed by atoms with Crippen molar-refractivity contribution in [2.45, 2.75) is 31.5 Å². The van der Waals surface area contributed by atoms with Crippen molar-refractivity contribution >= 4 is 5.97 Å². The topological polar surface area (TPSA) is 54.7 Å². The normalized spacial score (nSPS) is 31.3. The van der Waals surface area contributed by atoms with Crippen LogP contribution in [0, 0.1) is 5.92 Å². The van der Waals surface area contributed by atoms with E-state index in [9.17, 15) is 4.79 Å². The predicted molar refractivity (Wildman–Crippen MR) is 69.9 cm³/mol. The smallest absolute Gasteiger partial charge is 0.317 e. The number of carbonyl (C=O) groups is 1. The Morgan fingerprint density at radius 1 is 1.32 bits per heavy atom. The second-order valence-corrected chi connectivity index (χ2v) is 5.48. The van der Waals surface area contributed by atoms with E-state index >= 15 is 0 Å². The van der Waals surface area contributed by atoms with Crippen LogP contribution in [0.15, 0.2) is 24.5 Å². The van der Waals surface area contributed by atoms with Gasteiger partial charge in [-0.3, -0.25) is 9.69 Å². The lowest BCUT2D eigenvalue weighted by Gasteiger charge is -2.38. The summed E-state index contributed by atoms with van der Waals surface area (Å²) in [7, 11) is 0. The Kier molecular flexibility index (Phi) is 3.57. The SMILES string of the molecule is O=C(O)CN1CCOC2C(Cn3cccc3)CCC21. The molecule has 3 rings (SSSR count). The van der Waals surface area contributed by atoms with Crippen LogP contribution < -0.4 is 0 Å². The second-order valence-electron chi connectivity index (χ2n) is 5.48. The molecule has 2 heterocycles. The van der Waals surface area contributed by atoms with Gasteiger partial charge in [-0.1, -0.05) is 0 Å². The van der Waals surface area contributed by atoms with Crippen LogP contribution in [-0.2, 0) is 16.1 Å². The molecule has 1 saturated heterocycles. The second kappa shape index (κ2) is 5.35. The fourth-order valence-electron chi connectivity index (χ4n) is 3.46. The first-order chi connectivity index (χ1) is 9.24. The molecule has 3 atom stereocenters. The van der Waals surface area contributed by atoms with Gasteiger partial charge in [0.1, 0.15) is 0 Å². The van der Waals surface area contributed by atoms with Crippen LogP contribution in [-0.4, -0.2) is 52.4 Å². The predicted octanol–water partition coefficient (Wildman–Crippen LogP) is 1.05. The molecule has 0 radical (unpaired) electrons. The van der Waals surface area contributed by atoms with Gasteiger partial charge in [0.25, 0.3) is 0 Å². The Morgan fingerprint density at radius 3 is 2.84 bits per heavy atom. The molecule has 1 aromatic rings. The van der Waals surface area contributed by atoms with E-state index in [0.29, 0.717) is 12.5 Å². The number of morpholine rings is 1. The summed E-state index contributed by atoms with van der Waals surface area (Å²) in [5.74, 6) is -0.247. The Hall–Kier alpha value is -1.33. The first-order valence-electron chi connectivity index (χ1n) is 6.92. The van der Waals surface area contributed by atoms with Gasteiger partial charge < -0.3 is 14.4 Å². The number of carboxylic acid groups (broad SMARTS) is 1. The average Bonchev–Trinajstić information content (AvgIpc) is 3.00. The molecule has 2 fully saturated rings. The number of fused-ring (bicyclic) bond motifs is 1. The van der Waals surface area contributed by atoms with Gasteiger partial charge in [-0.25, -0.2) is 0 Å². The van der Waals surface area contributed by atoms with Crippen molar-refractivity contribution in [3.05, 3.63) is 24.5 Å². The Bertz CT molecular complexity index is 432. The summed E-state index contributed by atoms with van der Waals surface area (Å²) >= 11 is 0. The Morgan fingerprint density at radius 2 is 2.11 bits per heavy atom. The standard InChI is InChI=1S/C14H20N2O3/c17-13(18)10-16-7-8-19-14-11(3-4-12(14)16)9-15-5-1-2-6-15/h1-2,5-6,11-12,14H,3-4,7-10H2,(H,17,18). The van der Waals surface area contributed by atoms with Gasteiger partial charge in [0.05, 0.1) is 19.3 Å². The highest BCUT2D eigenvalue weighted by Crippen LogP contribution is 2.35. The summed E-state index contributed by atoms with van der Waals surface area (Å²) < 4.78 is 8.11. The third kappa shape index (κ3) is 2.67. The molecule has 0 bridgehead atoms. The van der Waals surface area contributed by atoms with E-state index in [0.717, 1.165) is 25.9 Å². The van der Waals surface area contributed by atoms with Gasteiger partial charge in [-0.2, -0.15) is 0 Å². The highest BCUT2D eigenvalue weighted by Gasteiger charge is 2.42. The van der Waals surface area contributed by atoms with Crippen molar-refractivity contribution in [1.82, 2.24) is 9.47 Å². The molecular weight excluding hydrogens is 244 g/mol. The third-order valence-electron chi connectivity index (χ3n) is 4.28. The van der Waals surface area contributed by atoms with Gasteiger partial charge in [0.15, 0.2) is 0 Å². The Labute approximate surface area is 112 Å². The largest absolute Gasteiger partial charge is 0.480 e. The molecule has 1 N–H and O–H groups in total. The van der Waals surface area contributed by atoms with E-state index in [1.54, 1.807) is 0 Å². The van der Waals surface area contributed by atoms with E-state index in [4.69, 9.17) is 9.84 Å². The van der Waals surface area contributed by atoms with Crippen molar-refractivity contribution in [1.29, 1.82) is 0 Å². The highest BCUT2D eigenvalue weighted by atomic mass is 16.5. The summed E-state index contributed by atoms with van der Waals surface area (Å²) in [5.41, 5.74) is 0. The minimum atomic E-state index is -0.741. The van der Waals surface area contributed by atoms with E-state index in [1.807, 2.05) is 12.1 Å². The number of hydrogen-bond donors (Lipinski definition) is 1. The lowest BCUT2D eigenvalue weighted by atomic mass is 10.0. The van der Waals surface area contributed by atoms with Crippen LogP contribution in [0.25, 0.3) is 0 Å². The first kappa shape index (κ1) is 12.7. The van der Waals surface area contributed by atoms with Crippen LogP contribution in [0.1, 0.15) is 12.8 Å². The number of hydrogen-bond acceptors (Lipinski definition) is 3. The van der Waals surface area contributed by atoms with Gasteiger partial charge in [0, 0.05) is 37.4 Å². The van der Waals surface area contributed by atoms with Gasteiger partial charge >= 0.3 is 5.97 Å². The van der Waals surface area contributed by atoms with Crippen LogP contribution in [0.2, 0.25) is 0 Å². The molecule has 1 aliphatic carbocycles. The number of aliphatic carboxylic acids is 1. The molecule has 104 valence electrons. The van der Waals surface area contributed by atoms with Gasteiger partial charge in [0.2, 0.25) is 0 Å². The van der Waals surface area contributed by atoms with E-state index in [2.05, 4.69) is 21.9 Å². The van der Waals surface area contributed by atoms with E-state index in [1.165, 1.54) is 0 Å².